The number of hydrogen-bond acceptors (Lipinski definition) is 5. The molecular formula is C18H27N3O3. The maximum Gasteiger partial charge on any atom is 0.223 e. The van der Waals surface area contributed by atoms with Gasteiger partial charge in [0.15, 0.2) is 0 Å². The first kappa shape index (κ1) is 17.3. The molecule has 6 heteroatoms. The second-order valence-corrected chi connectivity index (χ2v) is 7.08. The van der Waals surface area contributed by atoms with Gasteiger partial charge in [-0.15, -0.1) is 0 Å². The fourth-order valence-electron chi connectivity index (χ4n) is 3.57. The smallest absolute Gasteiger partial charge is 0.223 e. The molecule has 0 aromatic carbocycles. The van der Waals surface area contributed by atoms with Crippen LogP contribution in [0.2, 0.25) is 0 Å². The minimum absolute atomic E-state index is 0.0292. The van der Waals surface area contributed by atoms with Gasteiger partial charge >= 0.3 is 0 Å². The van der Waals surface area contributed by atoms with Crippen molar-refractivity contribution in [3.63, 3.8) is 0 Å². The van der Waals surface area contributed by atoms with Gasteiger partial charge in [0, 0.05) is 32.0 Å². The van der Waals surface area contributed by atoms with Gasteiger partial charge in [-0.1, -0.05) is 13.8 Å². The monoisotopic (exact) mass is 333 g/mol. The van der Waals surface area contributed by atoms with E-state index in [-0.39, 0.29) is 24.2 Å². The molecule has 1 saturated heterocycles. The van der Waals surface area contributed by atoms with Crippen molar-refractivity contribution in [2.24, 2.45) is 5.92 Å². The molecule has 6 nitrogen and oxygen atoms in total. The number of morpholine rings is 1. The molecule has 1 aromatic rings. The van der Waals surface area contributed by atoms with Crippen molar-refractivity contribution in [1.29, 1.82) is 0 Å². The number of hydrogen-bond donors (Lipinski definition) is 0. The first-order chi connectivity index (χ1) is 11.6. The molecule has 2 aliphatic rings. The van der Waals surface area contributed by atoms with E-state index >= 15 is 0 Å². The normalized spacial score (nSPS) is 26.6. The van der Waals surface area contributed by atoms with Crippen LogP contribution >= 0.6 is 0 Å². The molecule has 24 heavy (non-hydrogen) atoms. The van der Waals surface area contributed by atoms with E-state index in [0.29, 0.717) is 31.9 Å². The molecule has 3 atom stereocenters. The van der Waals surface area contributed by atoms with Crippen molar-refractivity contribution in [2.75, 3.05) is 19.8 Å². The molecule has 1 aromatic heterocycles. The molecule has 2 fully saturated rings. The highest BCUT2D eigenvalue weighted by Gasteiger charge is 2.44. The van der Waals surface area contributed by atoms with Crippen LogP contribution < -0.4 is 0 Å². The molecule has 0 bridgehead atoms. The number of amides is 1. The van der Waals surface area contributed by atoms with E-state index in [0.717, 1.165) is 25.0 Å². The van der Waals surface area contributed by atoms with Gasteiger partial charge < -0.3 is 14.4 Å². The maximum absolute atomic E-state index is 12.7. The number of carbonyl (C=O) groups is 1. The van der Waals surface area contributed by atoms with E-state index in [2.05, 4.69) is 23.8 Å². The number of ether oxygens (including phenoxy) is 2. The Labute approximate surface area is 143 Å². The van der Waals surface area contributed by atoms with Crippen molar-refractivity contribution >= 4 is 5.91 Å². The average Bonchev–Trinajstić information content (AvgIpc) is 3.02. The molecule has 0 unspecified atom stereocenters. The predicted octanol–water partition coefficient (Wildman–Crippen LogP) is 1.84. The van der Waals surface area contributed by atoms with Crippen LogP contribution in [0.15, 0.2) is 18.7 Å². The van der Waals surface area contributed by atoms with Crippen LogP contribution in [0.25, 0.3) is 0 Å². The molecule has 1 saturated carbocycles. The maximum atomic E-state index is 12.7. The van der Waals surface area contributed by atoms with Gasteiger partial charge in [0.2, 0.25) is 5.91 Å². The lowest BCUT2D eigenvalue weighted by Crippen LogP contribution is -2.54. The van der Waals surface area contributed by atoms with Crippen LogP contribution in [0.1, 0.15) is 38.7 Å². The summed E-state index contributed by atoms with van der Waals surface area (Å²) >= 11 is 0. The third kappa shape index (κ3) is 4.11. The van der Waals surface area contributed by atoms with Crippen LogP contribution in [-0.2, 0) is 20.7 Å². The Kier molecular flexibility index (Phi) is 5.79. The summed E-state index contributed by atoms with van der Waals surface area (Å²) in [5.41, 5.74) is 1.00. The van der Waals surface area contributed by atoms with Crippen LogP contribution in [0, 0.1) is 5.92 Å². The summed E-state index contributed by atoms with van der Waals surface area (Å²) in [6.07, 6.45) is 8.31. The van der Waals surface area contributed by atoms with E-state index in [9.17, 15) is 4.79 Å². The van der Waals surface area contributed by atoms with E-state index in [1.165, 1.54) is 6.33 Å². The summed E-state index contributed by atoms with van der Waals surface area (Å²) in [5, 5.41) is 0. The standard InChI is InChI=1S/C18H27N3O3/c1-13(2)11-24-16-5-4-15-18(16)23-8-7-21(15)17(22)6-3-14-9-19-12-20-10-14/h9-10,12-13,15-16,18H,3-8,11H2,1-2H3/t15-,16+,18+/m0/s1. The second-order valence-electron chi connectivity index (χ2n) is 7.08. The quantitative estimate of drug-likeness (QED) is 0.795. The first-order valence-corrected chi connectivity index (χ1v) is 8.91. The topological polar surface area (TPSA) is 64.6 Å². The molecule has 1 aliphatic heterocycles. The highest BCUT2D eigenvalue weighted by Crippen LogP contribution is 2.32. The van der Waals surface area contributed by atoms with E-state index in [1.807, 2.05) is 4.90 Å². The summed E-state index contributed by atoms with van der Waals surface area (Å²) in [7, 11) is 0. The fourth-order valence-corrected chi connectivity index (χ4v) is 3.57. The zero-order valence-corrected chi connectivity index (χ0v) is 14.6. The lowest BCUT2D eigenvalue weighted by atomic mass is 10.1. The molecule has 0 N–H and O–H groups in total. The molecule has 0 radical (unpaired) electrons. The third-order valence-electron chi connectivity index (χ3n) is 4.74. The van der Waals surface area contributed by atoms with Gasteiger partial charge in [0.05, 0.1) is 18.8 Å². The molecular weight excluding hydrogens is 306 g/mol. The molecule has 1 aliphatic carbocycles. The predicted molar refractivity (Wildman–Crippen MR) is 89.4 cm³/mol. The Hall–Kier alpha value is -1.53. The van der Waals surface area contributed by atoms with Crippen LogP contribution in [0.3, 0.4) is 0 Å². The number of fused-ring (bicyclic) bond motifs is 1. The Bertz CT molecular complexity index is 538. The third-order valence-corrected chi connectivity index (χ3v) is 4.74. The lowest BCUT2D eigenvalue weighted by molar-refractivity contribution is -0.152. The van der Waals surface area contributed by atoms with E-state index < -0.39 is 0 Å². The van der Waals surface area contributed by atoms with Gasteiger partial charge in [-0.05, 0) is 30.7 Å². The minimum atomic E-state index is 0.0292. The Balaban J connectivity index is 1.55. The number of carbonyl (C=O) groups excluding carboxylic acids is 1. The number of nitrogens with zero attached hydrogens (tertiary/aromatic N) is 3. The van der Waals surface area contributed by atoms with Crippen molar-refractivity contribution < 1.29 is 14.3 Å². The van der Waals surface area contributed by atoms with Gasteiger partial charge in [0.1, 0.15) is 12.4 Å². The summed E-state index contributed by atoms with van der Waals surface area (Å²) < 4.78 is 12.0. The summed E-state index contributed by atoms with van der Waals surface area (Å²) in [6, 6.07) is 0.162. The van der Waals surface area contributed by atoms with Gasteiger partial charge in [-0.3, -0.25) is 4.79 Å². The highest BCUT2D eigenvalue weighted by molar-refractivity contribution is 5.77. The number of aryl methyl sites for hydroxylation is 1. The summed E-state index contributed by atoms with van der Waals surface area (Å²) in [4.78, 5) is 22.7. The Morgan fingerprint density at radius 3 is 2.92 bits per heavy atom. The van der Waals surface area contributed by atoms with Crippen LogP contribution in [-0.4, -0.2) is 58.8 Å². The first-order valence-electron chi connectivity index (χ1n) is 8.91. The fraction of sp³-hybridized carbons (Fsp3) is 0.722. The summed E-state index contributed by atoms with van der Waals surface area (Å²) in [5.74, 6) is 0.708. The largest absolute Gasteiger partial charge is 0.375 e. The average molecular weight is 333 g/mol. The minimum Gasteiger partial charge on any atom is -0.375 e. The molecule has 3 rings (SSSR count). The van der Waals surface area contributed by atoms with Crippen molar-refractivity contribution in [1.82, 2.24) is 14.9 Å². The van der Waals surface area contributed by atoms with Crippen molar-refractivity contribution in [3.8, 4) is 0 Å². The number of aromatic nitrogens is 2. The second kappa shape index (κ2) is 8.03. The van der Waals surface area contributed by atoms with Gasteiger partial charge in [-0.2, -0.15) is 0 Å². The zero-order chi connectivity index (χ0) is 16.9. The van der Waals surface area contributed by atoms with Crippen LogP contribution in [0.5, 0.6) is 0 Å². The lowest BCUT2D eigenvalue weighted by Gasteiger charge is -2.39. The van der Waals surface area contributed by atoms with Crippen molar-refractivity contribution in [2.45, 2.75) is 57.8 Å². The van der Waals surface area contributed by atoms with Crippen LogP contribution in [0.4, 0.5) is 0 Å². The van der Waals surface area contributed by atoms with Gasteiger partial charge in [0.25, 0.3) is 0 Å². The number of rotatable bonds is 6. The van der Waals surface area contributed by atoms with E-state index in [4.69, 9.17) is 9.47 Å². The molecule has 1 amide bonds. The molecule has 0 spiro atoms. The van der Waals surface area contributed by atoms with Crippen molar-refractivity contribution in [3.05, 3.63) is 24.3 Å². The zero-order valence-electron chi connectivity index (χ0n) is 14.6. The molecule has 132 valence electrons. The Morgan fingerprint density at radius 2 is 2.17 bits per heavy atom. The summed E-state index contributed by atoms with van der Waals surface area (Å²) in [6.45, 7) is 6.33. The SMILES string of the molecule is CC(C)CO[C@@H]1CC[C@H]2[C@H]1OCCN2C(=O)CCc1cncnc1. The Morgan fingerprint density at radius 1 is 1.38 bits per heavy atom. The van der Waals surface area contributed by atoms with Gasteiger partial charge in [-0.25, -0.2) is 9.97 Å². The molecule has 2 heterocycles. The highest BCUT2D eigenvalue weighted by atomic mass is 16.5. The van der Waals surface area contributed by atoms with E-state index in [1.54, 1.807) is 12.4 Å².